The molecular formula is C17H30N2O. The summed E-state index contributed by atoms with van der Waals surface area (Å²) in [6, 6.07) is 1.02. The summed E-state index contributed by atoms with van der Waals surface area (Å²) >= 11 is 0. The van der Waals surface area contributed by atoms with Gasteiger partial charge in [-0.05, 0) is 68.7 Å². The van der Waals surface area contributed by atoms with Gasteiger partial charge in [-0.2, -0.15) is 0 Å². The summed E-state index contributed by atoms with van der Waals surface area (Å²) in [7, 11) is 0. The minimum absolute atomic E-state index is 0.285. The molecule has 4 rings (SSSR count). The SMILES string of the molecule is CC(C)NCCCC(=O)NC1C2CC3CC(C2)CC1C3. The molecule has 2 N–H and O–H groups in total. The molecule has 0 aliphatic heterocycles. The first kappa shape index (κ1) is 14.4. The van der Waals surface area contributed by atoms with Crippen molar-refractivity contribution in [1.82, 2.24) is 10.6 Å². The highest BCUT2D eigenvalue weighted by Gasteiger charge is 2.48. The third kappa shape index (κ3) is 3.19. The summed E-state index contributed by atoms with van der Waals surface area (Å²) in [5, 5.41) is 6.76. The van der Waals surface area contributed by atoms with Gasteiger partial charge in [-0.1, -0.05) is 13.8 Å². The van der Waals surface area contributed by atoms with Gasteiger partial charge in [0, 0.05) is 18.5 Å². The molecule has 0 atom stereocenters. The van der Waals surface area contributed by atoms with Crippen molar-refractivity contribution in [3.63, 3.8) is 0 Å². The van der Waals surface area contributed by atoms with Crippen LogP contribution in [0.1, 0.15) is 58.8 Å². The van der Waals surface area contributed by atoms with Crippen LogP contribution in [0.15, 0.2) is 0 Å². The Bertz CT molecular complexity index is 325. The van der Waals surface area contributed by atoms with Crippen LogP contribution in [0.5, 0.6) is 0 Å². The van der Waals surface area contributed by atoms with Crippen LogP contribution in [-0.4, -0.2) is 24.5 Å². The van der Waals surface area contributed by atoms with Crippen LogP contribution in [0.3, 0.4) is 0 Å². The lowest BCUT2D eigenvalue weighted by Crippen LogP contribution is -2.55. The summed E-state index contributed by atoms with van der Waals surface area (Å²) in [4.78, 5) is 12.1. The smallest absolute Gasteiger partial charge is 0.220 e. The van der Waals surface area contributed by atoms with Crippen molar-refractivity contribution in [2.75, 3.05) is 6.54 Å². The van der Waals surface area contributed by atoms with E-state index < -0.39 is 0 Å². The summed E-state index contributed by atoms with van der Waals surface area (Å²) in [5.74, 6) is 3.85. The number of carbonyl (C=O) groups is 1. The molecular weight excluding hydrogens is 248 g/mol. The molecule has 0 radical (unpaired) electrons. The Labute approximate surface area is 123 Å². The molecule has 0 aromatic rings. The van der Waals surface area contributed by atoms with E-state index in [1.165, 1.54) is 32.1 Å². The van der Waals surface area contributed by atoms with Gasteiger partial charge in [-0.3, -0.25) is 4.79 Å². The summed E-state index contributed by atoms with van der Waals surface area (Å²) in [6.45, 7) is 5.25. The van der Waals surface area contributed by atoms with E-state index in [1.807, 2.05) is 0 Å². The molecule has 4 fully saturated rings. The molecule has 4 aliphatic carbocycles. The van der Waals surface area contributed by atoms with E-state index in [9.17, 15) is 4.79 Å². The molecule has 4 saturated carbocycles. The predicted octanol–water partition coefficient (Wildman–Crippen LogP) is 2.71. The van der Waals surface area contributed by atoms with E-state index in [2.05, 4.69) is 24.5 Å². The van der Waals surface area contributed by atoms with Gasteiger partial charge < -0.3 is 10.6 Å². The average molecular weight is 278 g/mol. The Hall–Kier alpha value is -0.570. The maximum Gasteiger partial charge on any atom is 0.220 e. The largest absolute Gasteiger partial charge is 0.353 e. The Morgan fingerprint density at radius 2 is 1.65 bits per heavy atom. The first-order chi connectivity index (χ1) is 9.61. The van der Waals surface area contributed by atoms with Crippen LogP contribution in [0.25, 0.3) is 0 Å². The second-order valence-electron chi connectivity index (χ2n) is 7.74. The van der Waals surface area contributed by atoms with E-state index in [-0.39, 0.29) is 5.91 Å². The van der Waals surface area contributed by atoms with Gasteiger partial charge in [0.25, 0.3) is 0 Å². The zero-order valence-corrected chi connectivity index (χ0v) is 13.0. The molecule has 20 heavy (non-hydrogen) atoms. The van der Waals surface area contributed by atoms with Crippen molar-refractivity contribution in [3.8, 4) is 0 Å². The molecule has 0 aromatic heterocycles. The van der Waals surface area contributed by atoms with Gasteiger partial charge in [-0.15, -0.1) is 0 Å². The highest BCUT2D eigenvalue weighted by Crippen LogP contribution is 2.53. The van der Waals surface area contributed by atoms with Gasteiger partial charge >= 0.3 is 0 Å². The molecule has 114 valence electrons. The minimum Gasteiger partial charge on any atom is -0.353 e. The molecule has 0 saturated heterocycles. The number of hydrogen-bond acceptors (Lipinski definition) is 2. The zero-order valence-electron chi connectivity index (χ0n) is 13.0. The van der Waals surface area contributed by atoms with Gasteiger partial charge in [-0.25, -0.2) is 0 Å². The van der Waals surface area contributed by atoms with Gasteiger partial charge in [0.2, 0.25) is 5.91 Å². The van der Waals surface area contributed by atoms with E-state index in [4.69, 9.17) is 0 Å². The van der Waals surface area contributed by atoms with E-state index in [1.54, 1.807) is 0 Å². The Morgan fingerprint density at radius 1 is 1.05 bits per heavy atom. The van der Waals surface area contributed by atoms with Crippen LogP contribution in [0, 0.1) is 23.7 Å². The fraction of sp³-hybridized carbons (Fsp3) is 0.941. The third-order valence-corrected chi connectivity index (χ3v) is 5.69. The van der Waals surface area contributed by atoms with Crippen molar-refractivity contribution in [1.29, 1.82) is 0 Å². The maximum absolute atomic E-state index is 12.1. The quantitative estimate of drug-likeness (QED) is 0.734. The zero-order chi connectivity index (χ0) is 14.1. The standard InChI is InChI=1S/C17H30N2O/c1-11(2)18-5-3-4-16(20)19-17-14-7-12-6-13(9-14)10-15(17)8-12/h11-15,17-18H,3-10H2,1-2H3,(H,19,20). The van der Waals surface area contributed by atoms with Crippen molar-refractivity contribution < 1.29 is 4.79 Å². The molecule has 1 amide bonds. The number of amides is 1. The monoisotopic (exact) mass is 278 g/mol. The Balaban J connectivity index is 1.42. The lowest BCUT2D eigenvalue weighted by Gasteiger charge is -2.54. The fourth-order valence-electron chi connectivity index (χ4n) is 5.06. The second-order valence-corrected chi connectivity index (χ2v) is 7.74. The van der Waals surface area contributed by atoms with Crippen LogP contribution in [0.2, 0.25) is 0 Å². The third-order valence-electron chi connectivity index (χ3n) is 5.69. The number of carbonyl (C=O) groups excluding carboxylic acids is 1. The van der Waals surface area contributed by atoms with Crippen LogP contribution in [0.4, 0.5) is 0 Å². The molecule has 0 spiro atoms. The molecule has 3 heteroatoms. The number of hydrogen-bond donors (Lipinski definition) is 2. The van der Waals surface area contributed by atoms with Crippen molar-refractivity contribution >= 4 is 5.91 Å². The number of rotatable bonds is 6. The van der Waals surface area contributed by atoms with Crippen LogP contribution in [-0.2, 0) is 4.79 Å². The highest BCUT2D eigenvalue weighted by atomic mass is 16.1. The normalized spacial score (nSPS) is 38.5. The van der Waals surface area contributed by atoms with Gasteiger partial charge in [0.1, 0.15) is 0 Å². The van der Waals surface area contributed by atoms with E-state index in [0.717, 1.165) is 36.6 Å². The predicted molar refractivity (Wildman–Crippen MR) is 81.3 cm³/mol. The molecule has 0 heterocycles. The molecule has 0 unspecified atom stereocenters. The second kappa shape index (κ2) is 6.05. The molecule has 3 nitrogen and oxygen atoms in total. The Morgan fingerprint density at radius 3 is 2.20 bits per heavy atom. The van der Waals surface area contributed by atoms with E-state index in [0.29, 0.717) is 18.5 Å². The van der Waals surface area contributed by atoms with Crippen molar-refractivity contribution in [3.05, 3.63) is 0 Å². The average Bonchev–Trinajstić information content (AvgIpc) is 2.38. The van der Waals surface area contributed by atoms with E-state index >= 15 is 0 Å². The maximum atomic E-state index is 12.1. The molecule has 0 aromatic carbocycles. The van der Waals surface area contributed by atoms with Crippen LogP contribution < -0.4 is 10.6 Å². The van der Waals surface area contributed by atoms with Gasteiger partial charge in [0.05, 0.1) is 0 Å². The van der Waals surface area contributed by atoms with Crippen molar-refractivity contribution in [2.45, 2.75) is 70.9 Å². The molecule has 4 aliphatic rings. The Kier molecular flexibility index (Phi) is 4.34. The number of nitrogens with one attached hydrogen (secondary N) is 2. The lowest BCUT2D eigenvalue weighted by atomic mass is 9.54. The summed E-state index contributed by atoms with van der Waals surface area (Å²) < 4.78 is 0. The first-order valence-corrected chi connectivity index (χ1v) is 8.64. The van der Waals surface area contributed by atoms with Crippen molar-refractivity contribution in [2.24, 2.45) is 23.7 Å². The minimum atomic E-state index is 0.285. The first-order valence-electron chi connectivity index (χ1n) is 8.64. The van der Waals surface area contributed by atoms with Crippen LogP contribution >= 0.6 is 0 Å². The summed E-state index contributed by atoms with van der Waals surface area (Å²) in [5.41, 5.74) is 0. The molecule has 4 bridgehead atoms. The topological polar surface area (TPSA) is 41.1 Å². The fourth-order valence-corrected chi connectivity index (χ4v) is 5.06. The van der Waals surface area contributed by atoms with Gasteiger partial charge in [0.15, 0.2) is 0 Å². The summed E-state index contributed by atoms with van der Waals surface area (Å²) in [6.07, 6.45) is 8.65. The highest BCUT2D eigenvalue weighted by molar-refractivity contribution is 5.76. The lowest BCUT2D eigenvalue weighted by molar-refractivity contribution is -0.125.